The SMILES string of the molecule is CC1O[C@@H](O)C(O)C(O)C1=O. The van der Waals surface area contributed by atoms with Crippen LogP contribution in [0.1, 0.15) is 6.92 Å². The van der Waals surface area contributed by atoms with Crippen LogP contribution in [-0.4, -0.2) is 45.7 Å². The molecule has 0 aliphatic carbocycles. The minimum absolute atomic E-state index is 0.609. The van der Waals surface area contributed by atoms with E-state index in [1.807, 2.05) is 0 Å². The Hall–Kier alpha value is -0.490. The van der Waals surface area contributed by atoms with E-state index >= 15 is 0 Å². The van der Waals surface area contributed by atoms with Gasteiger partial charge in [-0.25, -0.2) is 0 Å². The number of ketones is 1. The molecule has 5 nitrogen and oxygen atoms in total. The molecule has 0 aromatic heterocycles. The summed E-state index contributed by atoms with van der Waals surface area (Å²) in [6.45, 7) is 1.40. The van der Waals surface area contributed by atoms with Gasteiger partial charge in [-0.15, -0.1) is 0 Å². The van der Waals surface area contributed by atoms with Crippen molar-refractivity contribution in [2.24, 2.45) is 0 Å². The van der Waals surface area contributed by atoms with E-state index in [0.29, 0.717) is 0 Å². The predicted molar refractivity (Wildman–Crippen MR) is 33.6 cm³/mol. The van der Waals surface area contributed by atoms with Gasteiger partial charge in [-0.3, -0.25) is 4.79 Å². The molecule has 5 heteroatoms. The van der Waals surface area contributed by atoms with Gasteiger partial charge in [0.1, 0.15) is 18.3 Å². The average molecular weight is 162 g/mol. The van der Waals surface area contributed by atoms with Crippen LogP contribution in [-0.2, 0) is 9.53 Å². The molecule has 0 aromatic carbocycles. The molecule has 1 aliphatic rings. The number of carbonyl (C=O) groups is 1. The second-order valence-electron chi connectivity index (χ2n) is 2.51. The third-order valence-electron chi connectivity index (χ3n) is 1.65. The Balaban J connectivity index is 2.70. The molecule has 0 aromatic rings. The smallest absolute Gasteiger partial charge is 0.192 e. The molecule has 1 aliphatic heterocycles. The summed E-state index contributed by atoms with van der Waals surface area (Å²) < 4.78 is 4.58. The van der Waals surface area contributed by atoms with Crippen molar-refractivity contribution in [1.29, 1.82) is 0 Å². The molecule has 3 N–H and O–H groups in total. The zero-order chi connectivity index (χ0) is 8.59. The minimum Gasteiger partial charge on any atom is -0.385 e. The molecule has 3 unspecified atom stereocenters. The Kier molecular flexibility index (Phi) is 2.24. The highest BCUT2D eigenvalue weighted by Crippen LogP contribution is 2.14. The molecule has 11 heavy (non-hydrogen) atoms. The number of ether oxygens (including phenoxy) is 1. The van der Waals surface area contributed by atoms with Crippen molar-refractivity contribution in [1.82, 2.24) is 0 Å². The average Bonchev–Trinajstić information content (AvgIpc) is 1.97. The van der Waals surface area contributed by atoms with Crippen LogP contribution < -0.4 is 0 Å². The maximum atomic E-state index is 10.8. The van der Waals surface area contributed by atoms with Gasteiger partial charge < -0.3 is 20.1 Å². The zero-order valence-electron chi connectivity index (χ0n) is 5.97. The fourth-order valence-corrected chi connectivity index (χ4v) is 0.921. The molecule has 64 valence electrons. The maximum Gasteiger partial charge on any atom is 0.192 e. The summed E-state index contributed by atoms with van der Waals surface area (Å²) in [7, 11) is 0. The van der Waals surface area contributed by atoms with Gasteiger partial charge >= 0.3 is 0 Å². The number of hydrogen-bond acceptors (Lipinski definition) is 5. The maximum absolute atomic E-state index is 10.8. The van der Waals surface area contributed by atoms with Gasteiger partial charge in [0.2, 0.25) is 0 Å². The number of aliphatic hydroxyl groups is 3. The van der Waals surface area contributed by atoms with E-state index in [2.05, 4.69) is 4.74 Å². The fourth-order valence-electron chi connectivity index (χ4n) is 0.921. The third kappa shape index (κ3) is 1.41. The van der Waals surface area contributed by atoms with E-state index < -0.39 is 30.4 Å². The van der Waals surface area contributed by atoms with Crippen LogP contribution in [0.15, 0.2) is 0 Å². The van der Waals surface area contributed by atoms with Crippen molar-refractivity contribution in [2.75, 3.05) is 0 Å². The van der Waals surface area contributed by atoms with Crippen LogP contribution in [0.3, 0.4) is 0 Å². The lowest BCUT2D eigenvalue weighted by Crippen LogP contribution is -2.53. The number of Topliss-reactive ketones (excluding diaryl/α,β-unsaturated/α-hetero) is 1. The Morgan fingerprint density at radius 3 is 2.45 bits per heavy atom. The summed E-state index contributed by atoms with van der Waals surface area (Å²) in [6, 6.07) is 0. The quantitative estimate of drug-likeness (QED) is 0.384. The third-order valence-corrected chi connectivity index (χ3v) is 1.65. The van der Waals surface area contributed by atoms with E-state index in [9.17, 15) is 4.79 Å². The first-order chi connectivity index (χ1) is 5.04. The summed E-state index contributed by atoms with van der Waals surface area (Å²) >= 11 is 0. The molecule has 1 heterocycles. The number of hydrogen-bond donors (Lipinski definition) is 3. The summed E-state index contributed by atoms with van der Waals surface area (Å²) in [6.07, 6.45) is -5.39. The molecule has 0 spiro atoms. The van der Waals surface area contributed by atoms with Crippen molar-refractivity contribution >= 4 is 5.78 Å². The molecular formula is C6H10O5. The summed E-state index contributed by atoms with van der Waals surface area (Å²) in [5, 5.41) is 26.7. The van der Waals surface area contributed by atoms with Crippen molar-refractivity contribution < 1.29 is 24.9 Å². The second kappa shape index (κ2) is 2.86. The molecule has 4 atom stereocenters. The lowest BCUT2D eigenvalue weighted by molar-refractivity contribution is -0.232. The Bertz CT molecular complexity index is 168. The minimum atomic E-state index is -1.53. The Labute approximate surface area is 63.2 Å². The lowest BCUT2D eigenvalue weighted by Gasteiger charge is -2.31. The second-order valence-corrected chi connectivity index (χ2v) is 2.51. The van der Waals surface area contributed by atoms with Gasteiger partial charge in [0.15, 0.2) is 12.1 Å². The fraction of sp³-hybridized carbons (Fsp3) is 0.833. The van der Waals surface area contributed by atoms with E-state index in [4.69, 9.17) is 15.3 Å². The lowest BCUT2D eigenvalue weighted by atomic mass is 10.0. The van der Waals surface area contributed by atoms with E-state index in [1.165, 1.54) is 6.92 Å². The van der Waals surface area contributed by atoms with Gasteiger partial charge in [0.05, 0.1) is 0 Å². The number of carbonyl (C=O) groups excluding carboxylic acids is 1. The molecule has 1 fully saturated rings. The van der Waals surface area contributed by atoms with Crippen LogP contribution >= 0.6 is 0 Å². The monoisotopic (exact) mass is 162 g/mol. The van der Waals surface area contributed by atoms with Gasteiger partial charge in [-0.05, 0) is 6.92 Å². The van der Waals surface area contributed by atoms with Crippen LogP contribution in [0.5, 0.6) is 0 Å². The largest absolute Gasteiger partial charge is 0.385 e. The van der Waals surface area contributed by atoms with Gasteiger partial charge in [-0.1, -0.05) is 0 Å². The molecule has 0 amide bonds. The van der Waals surface area contributed by atoms with Crippen molar-refractivity contribution in [3.63, 3.8) is 0 Å². The van der Waals surface area contributed by atoms with Crippen molar-refractivity contribution in [3.05, 3.63) is 0 Å². The van der Waals surface area contributed by atoms with Gasteiger partial charge in [-0.2, -0.15) is 0 Å². The van der Waals surface area contributed by atoms with Crippen molar-refractivity contribution in [2.45, 2.75) is 31.5 Å². The normalized spacial score (nSPS) is 46.0. The first-order valence-corrected chi connectivity index (χ1v) is 3.27. The zero-order valence-corrected chi connectivity index (χ0v) is 5.97. The summed E-state index contributed by atoms with van der Waals surface area (Å²) in [5.74, 6) is -0.609. The van der Waals surface area contributed by atoms with E-state index in [0.717, 1.165) is 0 Å². The van der Waals surface area contributed by atoms with Crippen molar-refractivity contribution in [3.8, 4) is 0 Å². The van der Waals surface area contributed by atoms with Crippen LogP contribution in [0, 0.1) is 0 Å². The number of aliphatic hydroxyl groups excluding tert-OH is 3. The van der Waals surface area contributed by atoms with E-state index in [1.54, 1.807) is 0 Å². The first-order valence-electron chi connectivity index (χ1n) is 3.27. The summed E-state index contributed by atoms with van der Waals surface area (Å²) in [5.41, 5.74) is 0. The topological polar surface area (TPSA) is 87.0 Å². The first kappa shape index (κ1) is 8.61. The molecule has 1 rings (SSSR count). The molecule has 0 radical (unpaired) electrons. The molecule has 0 saturated carbocycles. The highest BCUT2D eigenvalue weighted by molar-refractivity contribution is 5.88. The van der Waals surface area contributed by atoms with Gasteiger partial charge in [0.25, 0.3) is 0 Å². The molecular weight excluding hydrogens is 152 g/mol. The van der Waals surface area contributed by atoms with Crippen LogP contribution in [0.2, 0.25) is 0 Å². The standard InChI is InChI=1S/C6H10O5/c1-2-3(7)4(8)5(9)6(10)11-2/h2,4-6,8-10H,1H3/t2?,4?,5?,6-/m1/s1. The molecule has 0 bridgehead atoms. The van der Waals surface area contributed by atoms with Crippen LogP contribution in [0.25, 0.3) is 0 Å². The predicted octanol–water partition coefficient (Wildman–Crippen LogP) is -1.99. The highest BCUT2D eigenvalue weighted by atomic mass is 16.6. The number of rotatable bonds is 0. The molecule has 1 saturated heterocycles. The Morgan fingerprint density at radius 2 is 1.91 bits per heavy atom. The Morgan fingerprint density at radius 1 is 1.36 bits per heavy atom. The van der Waals surface area contributed by atoms with E-state index in [-0.39, 0.29) is 0 Å². The highest BCUT2D eigenvalue weighted by Gasteiger charge is 2.40. The summed E-state index contributed by atoms with van der Waals surface area (Å²) in [4.78, 5) is 10.8. The van der Waals surface area contributed by atoms with Gasteiger partial charge in [0, 0.05) is 0 Å². The van der Waals surface area contributed by atoms with Crippen LogP contribution in [0.4, 0.5) is 0 Å².